The molecule has 1 aromatic carbocycles. The minimum absolute atomic E-state index is 0.0497. The van der Waals surface area contributed by atoms with Gasteiger partial charge in [-0.25, -0.2) is 10.2 Å². The molecule has 0 saturated heterocycles. The molecule has 0 fully saturated rings. The van der Waals surface area contributed by atoms with Crippen LogP contribution in [-0.2, 0) is 0 Å². The minimum atomic E-state index is -0.753. The molecule has 1 aromatic rings. The summed E-state index contributed by atoms with van der Waals surface area (Å²) in [6, 6.07) is 2.53. The Morgan fingerprint density at radius 2 is 2.21 bits per heavy atom. The normalized spacial score (nSPS) is 10.8. The molecule has 0 spiro atoms. The smallest absolute Gasteiger partial charge is 0.332 e. The van der Waals surface area contributed by atoms with Crippen molar-refractivity contribution < 1.29 is 14.3 Å². The largest absolute Gasteiger partial charge is 0.493 e. The van der Waals surface area contributed by atoms with E-state index in [1.165, 1.54) is 13.3 Å². The van der Waals surface area contributed by atoms with Crippen LogP contribution in [0.25, 0.3) is 0 Å². The Morgan fingerprint density at radius 3 is 2.74 bits per heavy atom. The third kappa shape index (κ3) is 4.67. The molecule has 0 unspecified atom stereocenters. The molecule has 0 radical (unpaired) electrons. The van der Waals surface area contributed by atoms with Crippen molar-refractivity contribution in [1.29, 1.82) is 0 Å². The van der Waals surface area contributed by atoms with E-state index in [-0.39, 0.29) is 6.10 Å². The van der Waals surface area contributed by atoms with Gasteiger partial charge < -0.3 is 15.2 Å². The van der Waals surface area contributed by atoms with Crippen molar-refractivity contribution in [2.24, 2.45) is 10.8 Å². The number of nitrogens with zero attached hydrogens (tertiary/aromatic N) is 1. The van der Waals surface area contributed by atoms with Crippen LogP contribution in [0.2, 0.25) is 5.02 Å². The number of carbonyl (C=O) groups is 1. The minimum Gasteiger partial charge on any atom is -0.493 e. The van der Waals surface area contributed by atoms with Crippen LogP contribution < -0.4 is 20.6 Å². The van der Waals surface area contributed by atoms with Gasteiger partial charge in [-0.15, -0.1) is 0 Å². The summed E-state index contributed by atoms with van der Waals surface area (Å²) in [4.78, 5) is 10.6. The van der Waals surface area contributed by atoms with Gasteiger partial charge in [-0.1, -0.05) is 11.6 Å². The molecule has 0 aromatic heterocycles. The summed E-state index contributed by atoms with van der Waals surface area (Å²) < 4.78 is 10.9. The van der Waals surface area contributed by atoms with Crippen molar-refractivity contribution in [3.63, 3.8) is 0 Å². The van der Waals surface area contributed by atoms with Crippen LogP contribution >= 0.6 is 11.6 Å². The standard InChI is InChI=1S/C12H16ClN3O3/c1-7(2)19-11-8(6-15-16-12(14)17)4-9(13)5-10(11)18-3/h4-7H,1-3H3,(H3,14,16,17). The number of urea groups is 1. The van der Waals surface area contributed by atoms with E-state index in [4.69, 9.17) is 26.8 Å². The number of halogens is 1. The van der Waals surface area contributed by atoms with Crippen molar-refractivity contribution in [1.82, 2.24) is 5.43 Å². The molecular weight excluding hydrogens is 270 g/mol. The number of nitrogens with two attached hydrogens (primary N) is 1. The summed E-state index contributed by atoms with van der Waals surface area (Å²) in [6.07, 6.45) is 1.34. The highest BCUT2D eigenvalue weighted by molar-refractivity contribution is 6.31. The van der Waals surface area contributed by atoms with Crippen molar-refractivity contribution in [2.75, 3.05) is 7.11 Å². The average molecular weight is 286 g/mol. The van der Waals surface area contributed by atoms with Gasteiger partial charge in [0.25, 0.3) is 0 Å². The Bertz CT molecular complexity index is 489. The second-order valence-electron chi connectivity index (χ2n) is 3.93. The molecular formula is C12H16ClN3O3. The van der Waals surface area contributed by atoms with Crippen LogP contribution in [0, 0.1) is 0 Å². The van der Waals surface area contributed by atoms with Crippen LogP contribution in [0.1, 0.15) is 19.4 Å². The Hall–Kier alpha value is -1.95. The first kappa shape index (κ1) is 15.1. The quantitative estimate of drug-likeness (QED) is 0.642. The molecule has 0 heterocycles. The van der Waals surface area contributed by atoms with E-state index < -0.39 is 6.03 Å². The molecule has 19 heavy (non-hydrogen) atoms. The average Bonchev–Trinajstić information content (AvgIpc) is 2.31. The lowest BCUT2D eigenvalue weighted by molar-refractivity contribution is 0.230. The van der Waals surface area contributed by atoms with Gasteiger partial charge >= 0.3 is 6.03 Å². The predicted molar refractivity (Wildman–Crippen MR) is 74.1 cm³/mol. The van der Waals surface area contributed by atoms with Crippen molar-refractivity contribution in [3.05, 3.63) is 22.7 Å². The zero-order chi connectivity index (χ0) is 14.4. The van der Waals surface area contributed by atoms with Gasteiger partial charge in [0.1, 0.15) is 0 Å². The lowest BCUT2D eigenvalue weighted by Crippen LogP contribution is -2.24. The molecule has 0 aliphatic heterocycles. The zero-order valence-electron chi connectivity index (χ0n) is 10.9. The molecule has 3 N–H and O–H groups in total. The summed E-state index contributed by atoms with van der Waals surface area (Å²) in [7, 11) is 1.52. The van der Waals surface area contributed by atoms with Crippen molar-refractivity contribution >= 4 is 23.8 Å². The number of hydrazone groups is 1. The van der Waals surface area contributed by atoms with Crippen LogP contribution in [0.5, 0.6) is 11.5 Å². The highest BCUT2D eigenvalue weighted by Gasteiger charge is 2.13. The Labute approximate surface area is 116 Å². The number of primary amides is 1. The third-order valence-corrected chi connectivity index (χ3v) is 2.22. The number of benzene rings is 1. The van der Waals surface area contributed by atoms with E-state index in [0.29, 0.717) is 22.1 Å². The number of carbonyl (C=O) groups excluding carboxylic acids is 1. The van der Waals surface area contributed by atoms with Crippen LogP contribution in [-0.4, -0.2) is 25.5 Å². The van der Waals surface area contributed by atoms with Crippen LogP contribution in [0.4, 0.5) is 4.79 Å². The van der Waals surface area contributed by atoms with Gasteiger partial charge in [-0.05, 0) is 19.9 Å². The van der Waals surface area contributed by atoms with Gasteiger partial charge in [0.05, 0.1) is 19.4 Å². The molecule has 7 heteroatoms. The fourth-order valence-electron chi connectivity index (χ4n) is 1.36. The number of nitrogens with one attached hydrogen (secondary N) is 1. The second-order valence-corrected chi connectivity index (χ2v) is 4.36. The van der Waals surface area contributed by atoms with Crippen LogP contribution in [0.3, 0.4) is 0 Å². The number of amides is 2. The van der Waals surface area contributed by atoms with E-state index in [2.05, 4.69) is 10.5 Å². The van der Waals surface area contributed by atoms with E-state index in [9.17, 15) is 4.79 Å². The zero-order valence-corrected chi connectivity index (χ0v) is 11.7. The summed E-state index contributed by atoms with van der Waals surface area (Å²) in [5.41, 5.74) is 7.59. The third-order valence-electron chi connectivity index (χ3n) is 2.00. The number of methoxy groups -OCH3 is 1. The number of rotatable bonds is 5. The van der Waals surface area contributed by atoms with E-state index in [1.807, 2.05) is 13.8 Å². The Balaban J connectivity index is 3.15. The lowest BCUT2D eigenvalue weighted by atomic mass is 10.2. The Kier molecular flexibility index (Phi) is 5.44. The first-order valence-electron chi connectivity index (χ1n) is 5.56. The van der Waals surface area contributed by atoms with E-state index in [0.717, 1.165) is 0 Å². The maximum absolute atomic E-state index is 10.6. The first-order valence-corrected chi connectivity index (χ1v) is 5.94. The monoisotopic (exact) mass is 285 g/mol. The van der Waals surface area contributed by atoms with E-state index >= 15 is 0 Å². The summed E-state index contributed by atoms with van der Waals surface area (Å²) in [5.74, 6) is 0.985. The highest BCUT2D eigenvalue weighted by Crippen LogP contribution is 2.34. The van der Waals surface area contributed by atoms with Crippen LogP contribution in [0.15, 0.2) is 17.2 Å². The number of hydrogen-bond donors (Lipinski definition) is 2. The maximum Gasteiger partial charge on any atom is 0.332 e. The molecule has 104 valence electrons. The Morgan fingerprint density at radius 1 is 1.53 bits per heavy atom. The topological polar surface area (TPSA) is 85.9 Å². The van der Waals surface area contributed by atoms with Gasteiger partial charge in [-0.2, -0.15) is 5.10 Å². The maximum atomic E-state index is 10.6. The summed E-state index contributed by atoms with van der Waals surface area (Å²) in [5, 5.41) is 4.15. The fourth-order valence-corrected chi connectivity index (χ4v) is 1.58. The van der Waals surface area contributed by atoms with Crippen molar-refractivity contribution in [3.8, 4) is 11.5 Å². The molecule has 6 nitrogen and oxygen atoms in total. The first-order chi connectivity index (χ1) is 8.93. The lowest BCUT2D eigenvalue weighted by Gasteiger charge is -2.16. The number of ether oxygens (including phenoxy) is 2. The van der Waals surface area contributed by atoms with Gasteiger partial charge in [-0.3, -0.25) is 0 Å². The highest BCUT2D eigenvalue weighted by atomic mass is 35.5. The molecule has 0 aliphatic rings. The molecule has 0 atom stereocenters. The fraction of sp³-hybridized carbons (Fsp3) is 0.333. The molecule has 0 bridgehead atoms. The SMILES string of the molecule is COc1cc(Cl)cc(C=NNC(N)=O)c1OC(C)C. The molecule has 0 saturated carbocycles. The van der Waals surface area contributed by atoms with Crippen molar-refractivity contribution in [2.45, 2.75) is 20.0 Å². The number of hydrogen-bond acceptors (Lipinski definition) is 4. The van der Waals surface area contributed by atoms with Gasteiger partial charge in [0.2, 0.25) is 0 Å². The molecule has 2 amide bonds. The predicted octanol–water partition coefficient (Wildman–Crippen LogP) is 2.14. The summed E-state index contributed by atoms with van der Waals surface area (Å²) >= 11 is 5.97. The summed E-state index contributed by atoms with van der Waals surface area (Å²) in [6.45, 7) is 3.77. The second kappa shape index (κ2) is 6.84. The molecule has 0 aliphatic carbocycles. The van der Waals surface area contributed by atoms with Gasteiger partial charge in [0, 0.05) is 16.7 Å². The van der Waals surface area contributed by atoms with Gasteiger partial charge in [0.15, 0.2) is 11.5 Å². The molecule has 1 rings (SSSR count). The van der Waals surface area contributed by atoms with E-state index in [1.54, 1.807) is 12.1 Å².